The third kappa shape index (κ3) is 2.63. The van der Waals surface area contributed by atoms with Gasteiger partial charge in [-0.25, -0.2) is 0 Å². The average molecular weight is 251 g/mol. The van der Waals surface area contributed by atoms with Crippen LogP contribution in [0.15, 0.2) is 42.5 Å². The Kier molecular flexibility index (Phi) is 3.63. The number of rotatable bonds is 3. The molecule has 0 fully saturated rings. The van der Waals surface area contributed by atoms with E-state index in [1.165, 1.54) is 0 Å². The van der Waals surface area contributed by atoms with E-state index in [1.54, 1.807) is 49.6 Å². The number of carbonyl (C=O) groups is 1. The van der Waals surface area contributed by atoms with Crippen molar-refractivity contribution in [3.8, 4) is 11.8 Å². The second kappa shape index (κ2) is 5.36. The number of nitrogens with zero attached hydrogens (tertiary/aromatic N) is 1. The zero-order valence-electron chi connectivity index (χ0n) is 10.8. The number of methoxy groups -OCH3 is 1. The Bertz CT molecular complexity index is 651. The van der Waals surface area contributed by atoms with Crippen LogP contribution in [0.3, 0.4) is 0 Å². The molecule has 0 spiro atoms. The lowest BCUT2D eigenvalue weighted by Crippen LogP contribution is -2.02. The Hall–Kier alpha value is -2.60. The second-order valence-electron chi connectivity index (χ2n) is 4.20. The Morgan fingerprint density at radius 1 is 1.11 bits per heavy atom. The van der Waals surface area contributed by atoms with Crippen LogP contribution in [0, 0.1) is 18.3 Å². The van der Waals surface area contributed by atoms with Gasteiger partial charge in [0.1, 0.15) is 5.75 Å². The third-order valence-corrected chi connectivity index (χ3v) is 2.93. The van der Waals surface area contributed by atoms with E-state index in [-0.39, 0.29) is 5.78 Å². The summed E-state index contributed by atoms with van der Waals surface area (Å²) in [4.78, 5) is 12.3. The van der Waals surface area contributed by atoms with E-state index < -0.39 is 0 Å². The second-order valence-corrected chi connectivity index (χ2v) is 4.20. The molecular weight excluding hydrogens is 238 g/mol. The molecule has 0 aliphatic heterocycles. The first-order valence-electron chi connectivity index (χ1n) is 5.85. The number of nitriles is 1. The summed E-state index contributed by atoms with van der Waals surface area (Å²) in [6.07, 6.45) is 0. The summed E-state index contributed by atoms with van der Waals surface area (Å²) in [6.45, 7) is 1.90. The highest BCUT2D eigenvalue weighted by Gasteiger charge is 2.10. The summed E-state index contributed by atoms with van der Waals surface area (Å²) in [5.74, 6) is 0.701. The average Bonchev–Trinajstić information content (AvgIpc) is 2.46. The van der Waals surface area contributed by atoms with Crippen LogP contribution in [0.4, 0.5) is 0 Å². The number of ketones is 1. The quantitative estimate of drug-likeness (QED) is 0.787. The minimum Gasteiger partial charge on any atom is -0.496 e. The van der Waals surface area contributed by atoms with Crippen molar-refractivity contribution in [2.75, 3.05) is 7.11 Å². The molecule has 2 aromatic rings. The summed E-state index contributed by atoms with van der Waals surface area (Å²) >= 11 is 0. The lowest BCUT2D eigenvalue weighted by molar-refractivity contribution is 0.103. The molecule has 0 bridgehead atoms. The van der Waals surface area contributed by atoms with Gasteiger partial charge in [-0.15, -0.1) is 0 Å². The van der Waals surface area contributed by atoms with Crippen LogP contribution in [-0.4, -0.2) is 12.9 Å². The third-order valence-electron chi connectivity index (χ3n) is 2.93. The molecule has 0 atom stereocenters. The number of ether oxygens (including phenoxy) is 1. The van der Waals surface area contributed by atoms with Crippen molar-refractivity contribution in [2.24, 2.45) is 0 Å². The molecule has 0 unspecified atom stereocenters. The highest BCUT2D eigenvalue weighted by molar-refractivity contribution is 6.09. The molecule has 3 heteroatoms. The van der Waals surface area contributed by atoms with Crippen LogP contribution < -0.4 is 4.74 Å². The first kappa shape index (κ1) is 12.8. The van der Waals surface area contributed by atoms with Gasteiger partial charge in [-0.3, -0.25) is 4.79 Å². The molecule has 94 valence electrons. The van der Waals surface area contributed by atoms with Gasteiger partial charge < -0.3 is 4.74 Å². The first-order chi connectivity index (χ1) is 9.15. The van der Waals surface area contributed by atoms with Crippen LogP contribution in [0.2, 0.25) is 0 Å². The van der Waals surface area contributed by atoms with E-state index in [0.29, 0.717) is 16.7 Å². The predicted octanol–water partition coefficient (Wildman–Crippen LogP) is 3.11. The van der Waals surface area contributed by atoms with Crippen molar-refractivity contribution >= 4 is 5.78 Å². The van der Waals surface area contributed by atoms with Crippen LogP contribution in [-0.2, 0) is 0 Å². The maximum absolute atomic E-state index is 12.3. The molecule has 0 radical (unpaired) electrons. The SMILES string of the molecule is COc1ccc(C(=O)c2ccc(C#N)cc2)cc1C. The number of hydrogen-bond donors (Lipinski definition) is 0. The standard InChI is InChI=1S/C16H13NO2/c1-11-9-14(7-8-15(11)19-2)16(18)13-5-3-12(10-17)4-6-13/h3-9H,1-2H3. The zero-order chi connectivity index (χ0) is 13.8. The maximum atomic E-state index is 12.3. The summed E-state index contributed by atoms with van der Waals surface area (Å²) in [6, 6.07) is 14.0. The number of hydrogen-bond acceptors (Lipinski definition) is 3. The van der Waals surface area contributed by atoms with Gasteiger partial charge in [0.25, 0.3) is 0 Å². The fourth-order valence-corrected chi connectivity index (χ4v) is 1.88. The number of aryl methyl sites for hydroxylation is 1. The summed E-state index contributed by atoms with van der Waals surface area (Å²) in [5, 5.41) is 8.73. The fourth-order valence-electron chi connectivity index (χ4n) is 1.88. The normalized spacial score (nSPS) is 9.74. The van der Waals surface area contributed by atoms with Crippen LogP contribution in [0.1, 0.15) is 27.0 Å². The Morgan fingerprint density at radius 3 is 2.26 bits per heavy atom. The molecule has 0 N–H and O–H groups in total. The van der Waals surface area contributed by atoms with Crippen molar-refractivity contribution in [1.29, 1.82) is 5.26 Å². The first-order valence-corrected chi connectivity index (χ1v) is 5.85. The molecule has 19 heavy (non-hydrogen) atoms. The topological polar surface area (TPSA) is 50.1 Å². The van der Waals surface area contributed by atoms with Gasteiger partial charge in [0.05, 0.1) is 18.7 Å². The fraction of sp³-hybridized carbons (Fsp3) is 0.125. The van der Waals surface area contributed by atoms with Crippen molar-refractivity contribution in [3.05, 3.63) is 64.7 Å². The van der Waals surface area contributed by atoms with Crippen molar-refractivity contribution in [2.45, 2.75) is 6.92 Å². The van der Waals surface area contributed by atoms with E-state index in [1.807, 2.05) is 13.0 Å². The Labute approximate surface area is 112 Å². The van der Waals surface area contributed by atoms with Crippen molar-refractivity contribution < 1.29 is 9.53 Å². The number of carbonyl (C=O) groups excluding carboxylic acids is 1. The van der Waals surface area contributed by atoms with Gasteiger partial charge in [0.2, 0.25) is 0 Å². The summed E-state index contributed by atoms with van der Waals surface area (Å²) in [5.41, 5.74) is 2.65. The monoisotopic (exact) mass is 251 g/mol. The van der Waals surface area contributed by atoms with Gasteiger partial charge in [0, 0.05) is 11.1 Å². The molecule has 2 aromatic carbocycles. The highest BCUT2D eigenvalue weighted by Crippen LogP contribution is 2.20. The molecule has 0 aliphatic carbocycles. The molecule has 0 aliphatic rings. The molecule has 0 aromatic heterocycles. The van der Waals surface area contributed by atoms with Crippen LogP contribution in [0.25, 0.3) is 0 Å². The van der Waals surface area contributed by atoms with Crippen LogP contribution in [0.5, 0.6) is 5.75 Å². The number of benzene rings is 2. The molecule has 2 rings (SSSR count). The molecule has 0 amide bonds. The van der Waals surface area contributed by atoms with E-state index >= 15 is 0 Å². The highest BCUT2D eigenvalue weighted by atomic mass is 16.5. The largest absolute Gasteiger partial charge is 0.496 e. The van der Waals surface area contributed by atoms with E-state index in [0.717, 1.165) is 11.3 Å². The van der Waals surface area contributed by atoms with Gasteiger partial charge in [-0.05, 0) is 55.0 Å². The van der Waals surface area contributed by atoms with Crippen LogP contribution >= 0.6 is 0 Å². The minimum absolute atomic E-state index is 0.0600. The van der Waals surface area contributed by atoms with Crippen molar-refractivity contribution in [3.63, 3.8) is 0 Å². The van der Waals surface area contributed by atoms with E-state index in [4.69, 9.17) is 10.00 Å². The van der Waals surface area contributed by atoms with E-state index in [9.17, 15) is 4.79 Å². The predicted molar refractivity (Wildman–Crippen MR) is 72.3 cm³/mol. The Morgan fingerprint density at radius 2 is 1.74 bits per heavy atom. The molecule has 0 saturated carbocycles. The molecule has 0 saturated heterocycles. The molecular formula is C16H13NO2. The van der Waals surface area contributed by atoms with E-state index in [2.05, 4.69) is 0 Å². The molecule has 0 heterocycles. The van der Waals surface area contributed by atoms with Gasteiger partial charge >= 0.3 is 0 Å². The maximum Gasteiger partial charge on any atom is 0.193 e. The smallest absolute Gasteiger partial charge is 0.193 e. The van der Waals surface area contributed by atoms with Gasteiger partial charge in [-0.2, -0.15) is 5.26 Å². The summed E-state index contributed by atoms with van der Waals surface area (Å²) in [7, 11) is 1.60. The Balaban J connectivity index is 2.33. The molecule has 3 nitrogen and oxygen atoms in total. The lowest BCUT2D eigenvalue weighted by atomic mass is 10.0. The minimum atomic E-state index is -0.0600. The van der Waals surface area contributed by atoms with Crippen molar-refractivity contribution in [1.82, 2.24) is 0 Å². The van der Waals surface area contributed by atoms with Gasteiger partial charge in [0.15, 0.2) is 5.78 Å². The lowest BCUT2D eigenvalue weighted by Gasteiger charge is -2.07. The summed E-state index contributed by atoms with van der Waals surface area (Å²) < 4.78 is 5.17. The van der Waals surface area contributed by atoms with Gasteiger partial charge in [-0.1, -0.05) is 0 Å². The zero-order valence-corrected chi connectivity index (χ0v) is 10.8.